The number of H-pyrrole nitrogens is 1. The summed E-state index contributed by atoms with van der Waals surface area (Å²) >= 11 is 6.03. The van der Waals surface area contributed by atoms with Gasteiger partial charge in [0.25, 0.3) is 5.91 Å². The zero-order chi connectivity index (χ0) is 19.4. The highest BCUT2D eigenvalue weighted by Crippen LogP contribution is 2.27. The normalized spacial score (nSPS) is 16.5. The lowest BCUT2D eigenvalue weighted by atomic mass is 9.84. The van der Waals surface area contributed by atoms with E-state index in [0.29, 0.717) is 29.7 Å². The number of carbonyl (C=O) groups excluding carboxylic acids is 2. The lowest BCUT2D eigenvalue weighted by Crippen LogP contribution is -2.42. The maximum absolute atomic E-state index is 12.8. The van der Waals surface area contributed by atoms with Gasteiger partial charge in [-0.2, -0.15) is 0 Å². The fourth-order valence-corrected chi connectivity index (χ4v) is 3.94. The summed E-state index contributed by atoms with van der Waals surface area (Å²) in [5.74, 6) is 0.480. The number of nitrogens with one attached hydrogen (secondary N) is 2. The van der Waals surface area contributed by atoms with Crippen molar-refractivity contribution in [3.63, 3.8) is 0 Å². The lowest BCUT2D eigenvalue weighted by molar-refractivity contribution is -0.126. The molecule has 1 saturated heterocycles. The number of halogens is 1. The zero-order valence-electron chi connectivity index (χ0n) is 16.1. The van der Waals surface area contributed by atoms with Crippen LogP contribution in [0.5, 0.6) is 0 Å². The van der Waals surface area contributed by atoms with Crippen LogP contribution >= 0.6 is 11.6 Å². The van der Waals surface area contributed by atoms with Crippen LogP contribution in [0.25, 0.3) is 10.9 Å². The first-order chi connectivity index (χ1) is 13.0. The highest BCUT2D eigenvalue weighted by atomic mass is 35.5. The van der Waals surface area contributed by atoms with E-state index in [0.717, 1.165) is 43.1 Å². The smallest absolute Gasteiger partial charge is 0.270 e. The molecule has 1 aliphatic rings. The van der Waals surface area contributed by atoms with Crippen molar-refractivity contribution in [2.24, 2.45) is 11.8 Å². The molecule has 0 unspecified atom stereocenters. The monoisotopic (exact) mass is 389 g/mol. The van der Waals surface area contributed by atoms with Crippen LogP contribution in [-0.2, 0) is 4.79 Å². The van der Waals surface area contributed by atoms with Gasteiger partial charge in [-0.15, -0.1) is 0 Å². The van der Waals surface area contributed by atoms with E-state index in [4.69, 9.17) is 11.6 Å². The third kappa shape index (κ3) is 4.64. The van der Waals surface area contributed by atoms with E-state index >= 15 is 0 Å². The fraction of sp³-hybridized carbons (Fsp3) is 0.524. The van der Waals surface area contributed by atoms with Gasteiger partial charge >= 0.3 is 0 Å². The Kier molecular flexibility index (Phi) is 6.42. The van der Waals surface area contributed by atoms with Crippen molar-refractivity contribution in [2.75, 3.05) is 19.6 Å². The summed E-state index contributed by atoms with van der Waals surface area (Å²) in [6, 6.07) is 7.42. The number of hydrogen-bond acceptors (Lipinski definition) is 2. The average Bonchev–Trinajstić information content (AvgIpc) is 3.10. The molecule has 2 heterocycles. The minimum atomic E-state index is -0.00525. The van der Waals surface area contributed by atoms with E-state index in [9.17, 15) is 9.59 Å². The average molecular weight is 390 g/mol. The number of piperidine rings is 1. The summed E-state index contributed by atoms with van der Waals surface area (Å²) in [4.78, 5) is 30.2. The van der Waals surface area contributed by atoms with E-state index < -0.39 is 0 Å². The van der Waals surface area contributed by atoms with Crippen LogP contribution < -0.4 is 5.32 Å². The Labute approximate surface area is 165 Å². The van der Waals surface area contributed by atoms with Crippen molar-refractivity contribution in [3.05, 3.63) is 35.0 Å². The number of hydrogen-bond donors (Lipinski definition) is 2. The maximum Gasteiger partial charge on any atom is 0.270 e. The van der Waals surface area contributed by atoms with E-state index in [2.05, 4.69) is 17.2 Å². The van der Waals surface area contributed by atoms with Gasteiger partial charge in [0.15, 0.2) is 0 Å². The number of rotatable bonds is 6. The Bertz CT molecular complexity index is 809. The van der Waals surface area contributed by atoms with Crippen molar-refractivity contribution in [2.45, 2.75) is 39.5 Å². The molecule has 1 fully saturated rings. The SMILES string of the molecule is CCCCNC(=O)[C@H](C)C1CCN(C(=O)c2cc3cc(Cl)ccc3[nH]2)CC1. The Morgan fingerprint density at radius 3 is 2.74 bits per heavy atom. The Hall–Kier alpha value is -2.01. The molecular formula is C21H28ClN3O2. The summed E-state index contributed by atoms with van der Waals surface area (Å²) in [6.07, 6.45) is 3.82. The molecule has 0 spiro atoms. The van der Waals surface area contributed by atoms with E-state index in [1.165, 1.54) is 0 Å². The first-order valence-corrected chi connectivity index (χ1v) is 10.2. The molecule has 1 aliphatic heterocycles. The van der Waals surface area contributed by atoms with Gasteiger partial charge in [-0.25, -0.2) is 0 Å². The van der Waals surface area contributed by atoms with E-state index in [1.54, 1.807) is 0 Å². The van der Waals surface area contributed by atoms with E-state index in [-0.39, 0.29) is 17.7 Å². The number of aromatic nitrogens is 1. The molecule has 2 aromatic rings. The third-order valence-electron chi connectivity index (χ3n) is 5.59. The minimum Gasteiger partial charge on any atom is -0.356 e. The first kappa shape index (κ1) is 19.7. The maximum atomic E-state index is 12.8. The molecule has 5 nitrogen and oxygen atoms in total. The molecule has 2 amide bonds. The molecule has 6 heteroatoms. The van der Waals surface area contributed by atoms with Crippen LogP contribution in [0.3, 0.4) is 0 Å². The molecule has 1 atom stereocenters. The lowest BCUT2D eigenvalue weighted by Gasteiger charge is -2.34. The summed E-state index contributed by atoms with van der Waals surface area (Å²) in [5.41, 5.74) is 1.51. The van der Waals surface area contributed by atoms with Gasteiger partial charge in [-0.3, -0.25) is 9.59 Å². The van der Waals surface area contributed by atoms with Gasteiger partial charge in [-0.05, 0) is 49.4 Å². The summed E-state index contributed by atoms with van der Waals surface area (Å²) < 4.78 is 0. The Morgan fingerprint density at radius 2 is 2.04 bits per heavy atom. The molecule has 3 rings (SSSR count). The molecular weight excluding hydrogens is 362 g/mol. The number of carbonyl (C=O) groups is 2. The van der Waals surface area contributed by atoms with Crippen LogP contribution in [0.1, 0.15) is 50.0 Å². The van der Waals surface area contributed by atoms with Gasteiger partial charge in [0.1, 0.15) is 5.69 Å². The Morgan fingerprint density at radius 1 is 1.30 bits per heavy atom. The van der Waals surface area contributed by atoms with Crippen molar-refractivity contribution in [1.82, 2.24) is 15.2 Å². The number of unbranched alkanes of at least 4 members (excludes halogenated alkanes) is 1. The van der Waals surface area contributed by atoms with Crippen molar-refractivity contribution in [1.29, 1.82) is 0 Å². The van der Waals surface area contributed by atoms with E-state index in [1.807, 2.05) is 36.1 Å². The number of nitrogens with zero attached hydrogens (tertiary/aromatic N) is 1. The van der Waals surface area contributed by atoms with Gasteiger partial charge in [0.2, 0.25) is 5.91 Å². The topological polar surface area (TPSA) is 65.2 Å². The largest absolute Gasteiger partial charge is 0.356 e. The van der Waals surface area contributed by atoms with Crippen molar-refractivity contribution >= 4 is 34.3 Å². The number of fused-ring (bicyclic) bond motifs is 1. The quantitative estimate of drug-likeness (QED) is 0.726. The molecule has 0 bridgehead atoms. The number of likely N-dealkylation sites (tertiary alicyclic amines) is 1. The molecule has 1 aromatic heterocycles. The van der Waals surface area contributed by atoms with Crippen LogP contribution in [0.4, 0.5) is 0 Å². The first-order valence-electron chi connectivity index (χ1n) is 9.85. The van der Waals surface area contributed by atoms with Gasteiger partial charge in [0.05, 0.1) is 0 Å². The summed E-state index contributed by atoms with van der Waals surface area (Å²) in [7, 11) is 0. The van der Waals surface area contributed by atoms with Crippen LogP contribution in [0.15, 0.2) is 24.3 Å². The van der Waals surface area contributed by atoms with Gasteiger partial charge in [-0.1, -0.05) is 31.9 Å². The van der Waals surface area contributed by atoms with Gasteiger partial charge in [0, 0.05) is 41.5 Å². The zero-order valence-corrected chi connectivity index (χ0v) is 16.8. The third-order valence-corrected chi connectivity index (χ3v) is 5.83. The highest BCUT2D eigenvalue weighted by molar-refractivity contribution is 6.31. The molecule has 2 N–H and O–H groups in total. The summed E-state index contributed by atoms with van der Waals surface area (Å²) in [6.45, 7) is 6.24. The predicted molar refractivity (Wildman–Crippen MR) is 109 cm³/mol. The van der Waals surface area contributed by atoms with Crippen LogP contribution in [0.2, 0.25) is 5.02 Å². The summed E-state index contributed by atoms with van der Waals surface area (Å²) in [5, 5.41) is 4.63. The standard InChI is InChI=1S/C21H28ClN3O2/c1-3-4-9-23-20(26)14(2)15-7-10-25(11-8-15)21(27)19-13-16-12-17(22)5-6-18(16)24-19/h5-6,12-15,24H,3-4,7-11H2,1-2H3,(H,23,26)/t14-/m1/s1. The Balaban J connectivity index is 1.56. The second kappa shape index (κ2) is 8.79. The molecule has 1 aromatic carbocycles. The number of aromatic amines is 1. The van der Waals surface area contributed by atoms with Gasteiger partial charge < -0.3 is 15.2 Å². The number of amides is 2. The molecule has 27 heavy (non-hydrogen) atoms. The molecule has 0 saturated carbocycles. The molecule has 146 valence electrons. The predicted octanol–water partition coefficient (Wildman–Crippen LogP) is 4.23. The number of benzene rings is 1. The minimum absolute atomic E-state index is 0.00525. The second-order valence-electron chi connectivity index (χ2n) is 7.48. The van der Waals surface area contributed by atoms with Crippen molar-refractivity contribution in [3.8, 4) is 0 Å². The molecule has 0 aliphatic carbocycles. The highest BCUT2D eigenvalue weighted by Gasteiger charge is 2.30. The molecule has 0 radical (unpaired) electrons. The fourth-order valence-electron chi connectivity index (χ4n) is 3.76. The van der Waals surface area contributed by atoms with Crippen LogP contribution in [-0.4, -0.2) is 41.3 Å². The second-order valence-corrected chi connectivity index (χ2v) is 7.91. The van der Waals surface area contributed by atoms with Crippen LogP contribution in [0, 0.1) is 11.8 Å². The van der Waals surface area contributed by atoms with Crippen molar-refractivity contribution < 1.29 is 9.59 Å².